The summed E-state index contributed by atoms with van der Waals surface area (Å²) in [5.74, 6) is 0.696. The highest BCUT2D eigenvalue weighted by Gasteiger charge is 2.06. The maximum absolute atomic E-state index is 11.5. The van der Waals surface area contributed by atoms with Gasteiger partial charge in [0.15, 0.2) is 0 Å². The Labute approximate surface area is 99.5 Å². The fourth-order valence-electron chi connectivity index (χ4n) is 1.13. The lowest BCUT2D eigenvalue weighted by Gasteiger charge is -2.04. The summed E-state index contributed by atoms with van der Waals surface area (Å²) in [6, 6.07) is 3.64. The average Bonchev–Trinajstić information content (AvgIpc) is 2.30. The van der Waals surface area contributed by atoms with Gasteiger partial charge < -0.3 is 10.4 Å². The first-order valence-corrected chi connectivity index (χ1v) is 6.24. The molecule has 16 heavy (non-hydrogen) atoms. The Morgan fingerprint density at radius 1 is 1.62 bits per heavy atom. The van der Waals surface area contributed by atoms with Gasteiger partial charge in [-0.1, -0.05) is 0 Å². The number of aliphatic hydroxyl groups is 1. The molecule has 1 aromatic rings. The van der Waals surface area contributed by atoms with Crippen molar-refractivity contribution in [1.82, 2.24) is 10.3 Å². The molecule has 0 atom stereocenters. The van der Waals surface area contributed by atoms with Crippen molar-refractivity contribution in [2.24, 2.45) is 0 Å². The Morgan fingerprint density at radius 3 is 3.12 bits per heavy atom. The van der Waals surface area contributed by atoms with Gasteiger partial charge >= 0.3 is 0 Å². The summed E-state index contributed by atoms with van der Waals surface area (Å²) in [7, 11) is 0. The number of carbonyl (C=O) groups excluding carboxylic acids is 1. The Kier molecular flexibility index (Phi) is 5.88. The molecule has 5 heteroatoms. The Balaban J connectivity index is 2.60. The van der Waals surface area contributed by atoms with Crippen LogP contribution >= 0.6 is 11.8 Å². The second kappa shape index (κ2) is 7.24. The summed E-state index contributed by atoms with van der Waals surface area (Å²) in [5.41, 5.74) is 0.441. The third kappa shape index (κ3) is 4.20. The van der Waals surface area contributed by atoms with Gasteiger partial charge in [0.1, 0.15) is 5.69 Å². The molecule has 0 aliphatic carbocycles. The number of rotatable bonds is 6. The summed E-state index contributed by atoms with van der Waals surface area (Å²) in [5, 5.41) is 11.4. The predicted molar refractivity (Wildman–Crippen MR) is 64.7 cm³/mol. The van der Waals surface area contributed by atoms with Crippen LogP contribution in [0.1, 0.15) is 23.8 Å². The van der Waals surface area contributed by atoms with Crippen molar-refractivity contribution in [2.75, 3.05) is 18.9 Å². The van der Waals surface area contributed by atoms with Crippen LogP contribution in [-0.2, 0) is 0 Å². The van der Waals surface area contributed by atoms with Crippen molar-refractivity contribution in [1.29, 1.82) is 0 Å². The fourth-order valence-corrected chi connectivity index (χ4v) is 1.99. The molecule has 0 radical (unpaired) electrons. The summed E-state index contributed by atoms with van der Waals surface area (Å²) in [6.45, 7) is 2.67. The van der Waals surface area contributed by atoms with Crippen LogP contribution in [0, 0.1) is 0 Å². The molecule has 0 spiro atoms. The van der Waals surface area contributed by atoms with Crippen LogP contribution in [-0.4, -0.2) is 34.9 Å². The van der Waals surface area contributed by atoms with E-state index in [1.54, 1.807) is 24.0 Å². The van der Waals surface area contributed by atoms with E-state index in [0.717, 1.165) is 17.1 Å². The van der Waals surface area contributed by atoms with E-state index < -0.39 is 0 Å². The number of hydrogen-bond donors (Lipinski definition) is 2. The van der Waals surface area contributed by atoms with Gasteiger partial charge in [-0.15, -0.1) is 11.8 Å². The molecule has 2 N–H and O–H groups in total. The first-order valence-electron chi connectivity index (χ1n) is 5.25. The van der Waals surface area contributed by atoms with Crippen LogP contribution in [0.3, 0.4) is 0 Å². The molecule has 0 aromatic carbocycles. The van der Waals surface area contributed by atoms with E-state index in [-0.39, 0.29) is 12.5 Å². The predicted octanol–water partition coefficient (Wildman–Crippen LogP) is 1.31. The third-order valence-electron chi connectivity index (χ3n) is 1.87. The van der Waals surface area contributed by atoms with Gasteiger partial charge in [0.25, 0.3) is 5.91 Å². The largest absolute Gasteiger partial charge is 0.396 e. The topological polar surface area (TPSA) is 62.2 Å². The van der Waals surface area contributed by atoms with Gasteiger partial charge in [0.2, 0.25) is 0 Å². The van der Waals surface area contributed by atoms with Crippen LogP contribution < -0.4 is 5.32 Å². The Bertz CT molecular complexity index is 345. The number of aliphatic hydroxyl groups excluding tert-OH is 1. The van der Waals surface area contributed by atoms with Gasteiger partial charge in [-0.25, -0.2) is 0 Å². The zero-order chi connectivity index (χ0) is 11.8. The Morgan fingerprint density at radius 2 is 2.44 bits per heavy atom. The van der Waals surface area contributed by atoms with Crippen LogP contribution in [0.4, 0.5) is 0 Å². The summed E-state index contributed by atoms with van der Waals surface area (Å²) in [4.78, 5) is 16.5. The number of nitrogens with zero attached hydrogens (tertiary/aromatic N) is 1. The number of nitrogens with one attached hydrogen (secondary N) is 1. The van der Waals surface area contributed by atoms with Gasteiger partial charge in [-0.3, -0.25) is 9.78 Å². The van der Waals surface area contributed by atoms with E-state index in [1.165, 1.54) is 0 Å². The molecule has 88 valence electrons. The Hall–Kier alpha value is -1.07. The second-order valence-corrected chi connectivity index (χ2v) is 4.33. The van der Waals surface area contributed by atoms with Crippen molar-refractivity contribution in [3.63, 3.8) is 0 Å². The van der Waals surface area contributed by atoms with E-state index in [2.05, 4.69) is 10.3 Å². The number of thioether (sulfide) groups is 1. The highest BCUT2D eigenvalue weighted by Crippen LogP contribution is 2.18. The van der Waals surface area contributed by atoms with Crippen LogP contribution in [0.2, 0.25) is 0 Å². The number of amides is 1. The molecule has 0 saturated carbocycles. The third-order valence-corrected chi connectivity index (χ3v) is 2.95. The molecule has 0 bridgehead atoms. The van der Waals surface area contributed by atoms with E-state index in [9.17, 15) is 4.79 Å². The standard InChI is InChI=1S/C11H16N2O2S/c1-2-12-11(15)10-8-9(4-5-13-10)16-7-3-6-14/h4-5,8,14H,2-3,6-7H2,1H3,(H,12,15). The molecule has 0 unspecified atom stereocenters. The van der Waals surface area contributed by atoms with Crippen molar-refractivity contribution in [2.45, 2.75) is 18.2 Å². The molecule has 1 rings (SSSR count). The lowest BCUT2D eigenvalue weighted by atomic mass is 10.3. The van der Waals surface area contributed by atoms with Crippen molar-refractivity contribution in [3.8, 4) is 0 Å². The first kappa shape index (κ1) is 13.0. The smallest absolute Gasteiger partial charge is 0.269 e. The highest BCUT2D eigenvalue weighted by atomic mass is 32.2. The van der Waals surface area contributed by atoms with Gasteiger partial charge in [0.05, 0.1) is 0 Å². The normalized spacial score (nSPS) is 10.1. The minimum absolute atomic E-state index is 0.146. The zero-order valence-corrected chi connectivity index (χ0v) is 10.1. The summed E-state index contributed by atoms with van der Waals surface area (Å²) in [6.07, 6.45) is 2.38. The summed E-state index contributed by atoms with van der Waals surface area (Å²) < 4.78 is 0. The molecule has 0 aliphatic heterocycles. The molecule has 1 heterocycles. The van der Waals surface area contributed by atoms with E-state index >= 15 is 0 Å². The lowest BCUT2D eigenvalue weighted by molar-refractivity contribution is 0.0950. The quantitative estimate of drug-likeness (QED) is 0.581. The number of aromatic nitrogens is 1. The minimum atomic E-state index is -0.146. The van der Waals surface area contributed by atoms with E-state index in [0.29, 0.717) is 12.2 Å². The molecular formula is C11H16N2O2S. The number of hydrogen-bond acceptors (Lipinski definition) is 4. The molecule has 0 fully saturated rings. The number of pyridine rings is 1. The molecule has 1 aromatic heterocycles. The SMILES string of the molecule is CCNC(=O)c1cc(SCCCO)ccn1. The fraction of sp³-hybridized carbons (Fsp3) is 0.455. The molecule has 0 saturated heterocycles. The van der Waals surface area contributed by atoms with Gasteiger partial charge in [0, 0.05) is 30.0 Å². The minimum Gasteiger partial charge on any atom is -0.396 e. The monoisotopic (exact) mass is 240 g/mol. The highest BCUT2D eigenvalue weighted by molar-refractivity contribution is 7.99. The van der Waals surface area contributed by atoms with Gasteiger partial charge in [-0.2, -0.15) is 0 Å². The van der Waals surface area contributed by atoms with Gasteiger partial charge in [-0.05, 0) is 25.5 Å². The first-order chi connectivity index (χ1) is 7.77. The second-order valence-electron chi connectivity index (χ2n) is 3.16. The number of carbonyl (C=O) groups is 1. The molecular weight excluding hydrogens is 224 g/mol. The maximum atomic E-state index is 11.5. The molecule has 1 amide bonds. The van der Waals surface area contributed by atoms with E-state index in [1.807, 2.05) is 13.0 Å². The van der Waals surface area contributed by atoms with Crippen LogP contribution in [0.5, 0.6) is 0 Å². The van der Waals surface area contributed by atoms with E-state index in [4.69, 9.17) is 5.11 Å². The average molecular weight is 240 g/mol. The van der Waals surface area contributed by atoms with Crippen molar-refractivity contribution >= 4 is 17.7 Å². The van der Waals surface area contributed by atoms with Crippen molar-refractivity contribution in [3.05, 3.63) is 24.0 Å². The molecule has 4 nitrogen and oxygen atoms in total. The van der Waals surface area contributed by atoms with Crippen molar-refractivity contribution < 1.29 is 9.90 Å². The molecule has 0 aliphatic rings. The van der Waals surface area contributed by atoms with Crippen LogP contribution in [0.25, 0.3) is 0 Å². The lowest BCUT2D eigenvalue weighted by Crippen LogP contribution is -2.23. The zero-order valence-electron chi connectivity index (χ0n) is 9.27. The summed E-state index contributed by atoms with van der Waals surface area (Å²) >= 11 is 1.61. The maximum Gasteiger partial charge on any atom is 0.269 e. The van der Waals surface area contributed by atoms with Crippen LogP contribution in [0.15, 0.2) is 23.2 Å².